The molecule has 0 radical (unpaired) electrons. The maximum atomic E-state index is 12.1. The lowest BCUT2D eigenvalue weighted by molar-refractivity contribution is 0.0923. The number of hydrogen-bond donors (Lipinski definition) is 1. The van der Waals surface area contributed by atoms with E-state index >= 15 is 0 Å². The molecule has 7 heteroatoms. The number of pyridine rings is 1. The molecule has 0 spiro atoms. The van der Waals surface area contributed by atoms with Gasteiger partial charge in [0.1, 0.15) is 18.1 Å². The van der Waals surface area contributed by atoms with Gasteiger partial charge >= 0.3 is 5.91 Å². The van der Waals surface area contributed by atoms with Crippen molar-refractivity contribution in [2.75, 3.05) is 0 Å². The molecule has 31 heavy (non-hydrogen) atoms. The summed E-state index contributed by atoms with van der Waals surface area (Å²) in [6.07, 6.45) is 3.11. The Kier molecular flexibility index (Phi) is 5.93. The first-order chi connectivity index (χ1) is 15.1. The van der Waals surface area contributed by atoms with Gasteiger partial charge in [-0.05, 0) is 74.5 Å². The Morgan fingerprint density at radius 2 is 1.84 bits per heavy atom. The summed E-state index contributed by atoms with van der Waals surface area (Å²) in [6, 6.07) is 20.8. The highest BCUT2D eigenvalue weighted by atomic mass is 16.5. The second kappa shape index (κ2) is 9.13. The van der Waals surface area contributed by atoms with Gasteiger partial charge in [0.15, 0.2) is 5.76 Å². The molecule has 156 valence electrons. The summed E-state index contributed by atoms with van der Waals surface area (Å²) in [4.78, 5) is 16.2. The van der Waals surface area contributed by atoms with Crippen LogP contribution >= 0.6 is 0 Å². The summed E-state index contributed by atoms with van der Waals surface area (Å²) < 4.78 is 13.5. The number of amides is 1. The fourth-order valence-electron chi connectivity index (χ4n) is 3.16. The number of rotatable bonds is 7. The number of nitrogens with one attached hydrogen (secondary N) is 1. The monoisotopic (exact) mass is 414 g/mol. The zero-order valence-corrected chi connectivity index (χ0v) is 17.3. The van der Waals surface area contributed by atoms with E-state index in [1.54, 1.807) is 30.5 Å². The first kappa shape index (κ1) is 20.2. The van der Waals surface area contributed by atoms with Gasteiger partial charge < -0.3 is 13.7 Å². The fourth-order valence-corrected chi connectivity index (χ4v) is 3.16. The molecule has 0 aliphatic rings. The molecule has 3 aromatic heterocycles. The minimum atomic E-state index is -0.444. The van der Waals surface area contributed by atoms with Crippen molar-refractivity contribution in [3.8, 4) is 11.4 Å². The predicted molar refractivity (Wildman–Crippen MR) is 118 cm³/mol. The highest BCUT2D eigenvalue weighted by Gasteiger charge is 2.11. The number of nitrogens with zero attached hydrogens (tertiary/aromatic N) is 3. The Balaban J connectivity index is 1.32. The van der Waals surface area contributed by atoms with Gasteiger partial charge in [-0.25, -0.2) is 5.43 Å². The van der Waals surface area contributed by atoms with Crippen LogP contribution in [0.4, 0.5) is 0 Å². The van der Waals surface area contributed by atoms with Gasteiger partial charge in [0.2, 0.25) is 0 Å². The number of hydrogen-bond acceptors (Lipinski definition) is 5. The molecule has 0 fully saturated rings. The average molecular weight is 414 g/mol. The summed E-state index contributed by atoms with van der Waals surface area (Å²) in [6.45, 7) is 4.36. The molecular weight excluding hydrogens is 392 g/mol. The summed E-state index contributed by atoms with van der Waals surface area (Å²) in [5.74, 6) is 0.972. The molecule has 0 saturated carbocycles. The second-order valence-electron chi connectivity index (χ2n) is 6.95. The van der Waals surface area contributed by atoms with Crippen LogP contribution in [0.15, 0.2) is 82.4 Å². The van der Waals surface area contributed by atoms with E-state index in [1.165, 1.54) is 17.6 Å². The van der Waals surface area contributed by atoms with Gasteiger partial charge in [-0.1, -0.05) is 6.07 Å². The van der Waals surface area contributed by atoms with E-state index in [4.69, 9.17) is 9.15 Å². The summed E-state index contributed by atoms with van der Waals surface area (Å²) in [7, 11) is 0. The molecule has 4 aromatic rings. The molecule has 0 bridgehead atoms. The molecule has 0 unspecified atom stereocenters. The van der Waals surface area contributed by atoms with Crippen LogP contribution in [0.3, 0.4) is 0 Å². The molecule has 1 N–H and O–H groups in total. The maximum absolute atomic E-state index is 12.1. The predicted octanol–water partition coefficient (Wildman–Crippen LogP) is 4.43. The van der Waals surface area contributed by atoms with E-state index in [1.807, 2.05) is 30.3 Å². The number of carbonyl (C=O) groups excluding carboxylic acids is 1. The second-order valence-corrected chi connectivity index (χ2v) is 6.95. The molecule has 4 rings (SSSR count). The van der Waals surface area contributed by atoms with Crippen molar-refractivity contribution < 1.29 is 13.9 Å². The highest BCUT2D eigenvalue weighted by molar-refractivity contribution is 5.92. The molecule has 0 saturated heterocycles. The van der Waals surface area contributed by atoms with Crippen molar-refractivity contribution >= 4 is 12.1 Å². The molecule has 0 aliphatic carbocycles. The lowest BCUT2D eigenvalue weighted by atomic mass is 10.3. The normalized spacial score (nSPS) is 11.0. The van der Waals surface area contributed by atoms with Gasteiger partial charge in [0, 0.05) is 23.3 Å². The Hall–Kier alpha value is -4.13. The Morgan fingerprint density at radius 1 is 1.06 bits per heavy atom. The quantitative estimate of drug-likeness (QED) is 0.358. The Bertz CT molecular complexity index is 1170. The van der Waals surface area contributed by atoms with E-state index in [0.29, 0.717) is 17.2 Å². The summed E-state index contributed by atoms with van der Waals surface area (Å²) >= 11 is 0. The third-order valence-corrected chi connectivity index (χ3v) is 4.68. The van der Waals surface area contributed by atoms with Crippen LogP contribution in [0.25, 0.3) is 5.69 Å². The number of ether oxygens (including phenoxy) is 1. The topological polar surface area (TPSA) is 81.6 Å². The molecule has 1 amide bonds. The summed E-state index contributed by atoms with van der Waals surface area (Å²) in [5.41, 5.74) is 6.49. The zero-order valence-electron chi connectivity index (χ0n) is 17.3. The Morgan fingerprint density at radius 3 is 2.55 bits per heavy atom. The van der Waals surface area contributed by atoms with Gasteiger partial charge in [-0.15, -0.1) is 0 Å². The van der Waals surface area contributed by atoms with Crippen molar-refractivity contribution in [3.63, 3.8) is 0 Å². The highest BCUT2D eigenvalue weighted by Crippen LogP contribution is 2.20. The number of hydrazone groups is 1. The van der Waals surface area contributed by atoms with Gasteiger partial charge in [-0.2, -0.15) is 5.10 Å². The van der Waals surface area contributed by atoms with E-state index in [-0.39, 0.29) is 12.4 Å². The van der Waals surface area contributed by atoms with Crippen LogP contribution in [0.2, 0.25) is 0 Å². The molecule has 1 aromatic carbocycles. The first-order valence-corrected chi connectivity index (χ1v) is 9.81. The molecular formula is C24H22N4O3. The van der Waals surface area contributed by atoms with Gasteiger partial charge in [0.25, 0.3) is 0 Å². The standard InChI is InChI=1S/C24H22N4O3/c1-17-6-7-18(2)28(17)20-8-10-21(11-9-20)30-16-22-12-13-23(31-22)24(29)27-26-15-19-5-3-4-14-25-19/h3-15H,16H2,1-2H3,(H,27,29)/b26-15+. The van der Waals surface area contributed by atoms with E-state index in [0.717, 1.165) is 5.69 Å². The molecule has 3 heterocycles. The zero-order chi connectivity index (χ0) is 21.6. The number of benzene rings is 1. The number of furan rings is 1. The smallest absolute Gasteiger partial charge is 0.307 e. The number of aromatic nitrogens is 2. The van der Waals surface area contributed by atoms with Crippen LogP contribution < -0.4 is 10.2 Å². The third kappa shape index (κ3) is 4.90. The number of carbonyl (C=O) groups is 1. The van der Waals surface area contributed by atoms with Gasteiger partial charge in [-0.3, -0.25) is 9.78 Å². The lowest BCUT2D eigenvalue weighted by Crippen LogP contribution is -2.16. The van der Waals surface area contributed by atoms with Crippen molar-refractivity contribution in [2.45, 2.75) is 20.5 Å². The molecule has 0 atom stereocenters. The van der Waals surface area contributed by atoms with Crippen molar-refractivity contribution in [3.05, 3.63) is 102 Å². The molecule has 7 nitrogen and oxygen atoms in total. The average Bonchev–Trinajstić information content (AvgIpc) is 3.40. The van der Waals surface area contributed by atoms with Crippen LogP contribution in [0.5, 0.6) is 5.75 Å². The van der Waals surface area contributed by atoms with Crippen LogP contribution in [0, 0.1) is 13.8 Å². The fraction of sp³-hybridized carbons (Fsp3) is 0.125. The van der Waals surface area contributed by atoms with Crippen LogP contribution in [-0.4, -0.2) is 21.7 Å². The first-order valence-electron chi connectivity index (χ1n) is 9.81. The summed E-state index contributed by atoms with van der Waals surface area (Å²) in [5, 5.41) is 3.88. The minimum absolute atomic E-state index is 0.158. The van der Waals surface area contributed by atoms with Crippen LogP contribution in [-0.2, 0) is 6.61 Å². The van der Waals surface area contributed by atoms with E-state index in [2.05, 4.69) is 46.1 Å². The third-order valence-electron chi connectivity index (χ3n) is 4.68. The Labute approximate surface area is 180 Å². The van der Waals surface area contributed by atoms with Crippen molar-refractivity contribution in [1.29, 1.82) is 0 Å². The number of aryl methyl sites for hydroxylation is 2. The van der Waals surface area contributed by atoms with E-state index < -0.39 is 5.91 Å². The largest absolute Gasteiger partial charge is 0.486 e. The lowest BCUT2D eigenvalue weighted by Gasteiger charge is -2.10. The SMILES string of the molecule is Cc1ccc(C)n1-c1ccc(OCc2ccc(C(=O)N/N=C/c3ccccn3)o2)cc1. The van der Waals surface area contributed by atoms with Gasteiger partial charge in [0.05, 0.1) is 11.9 Å². The van der Waals surface area contributed by atoms with E-state index in [9.17, 15) is 4.79 Å². The van der Waals surface area contributed by atoms with Crippen molar-refractivity contribution in [2.24, 2.45) is 5.10 Å². The van der Waals surface area contributed by atoms with Crippen LogP contribution in [0.1, 0.15) is 33.4 Å². The minimum Gasteiger partial charge on any atom is -0.486 e. The maximum Gasteiger partial charge on any atom is 0.307 e. The molecule has 0 aliphatic heterocycles. The van der Waals surface area contributed by atoms with Crippen molar-refractivity contribution in [1.82, 2.24) is 15.0 Å².